The highest BCUT2D eigenvalue weighted by Crippen LogP contribution is 2.23. The van der Waals surface area contributed by atoms with Crippen LogP contribution in [0.2, 0.25) is 0 Å². The van der Waals surface area contributed by atoms with Gasteiger partial charge in [0.05, 0.1) is 4.47 Å². The van der Waals surface area contributed by atoms with Gasteiger partial charge in [-0.15, -0.1) is 5.10 Å². The fourth-order valence-electron chi connectivity index (χ4n) is 1.39. The van der Waals surface area contributed by atoms with Crippen LogP contribution in [0.4, 0.5) is 9.39 Å². The van der Waals surface area contributed by atoms with E-state index in [4.69, 9.17) is 4.74 Å². The fourth-order valence-corrected chi connectivity index (χ4v) is 2.23. The average molecular weight is 346 g/mol. The molecule has 0 aliphatic carbocycles. The third kappa shape index (κ3) is 3.87. The lowest BCUT2D eigenvalue weighted by Gasteiger charge is -2.07. The number of anilines is 1. The molecule has 0 aliphatic rings. The summed E-state index contributed by atoms with van der Waals surface area (Å²) in [5, 5.41) is 8.14. The molecule has 7 heteroatoms. The molecule has 102 valence electrons. The number of hydrogen-bond acceptors (Lipinski definition) is 5. The van der Waals surface area contributed by atoms with Gasteiger partial charge in [0, 0.05) is 24.1 Å². The molecule has 0 fully saturated rings. The van der Waals surface area contributed by atoms with E-state index in [1.807, 2.05) is 0 Å². The zero-order valence-corrected chi connectivity index (χ0v) is 12.7. The van der Waals surface area contributed by atoms with Gasteiger partial charge in [0.2, 0.25) is 0 Å². The minimum Gasteiger partial charge on any atom is -0.487 e. The third-order valence-electron chi connectivity index (χ3n) is 2.36. The van der Waals surface area contributed by atoms with Crippen molar-refractivity contribution in [2.45, 2.75) is 20.0 Å². The molecular formula is C12H13BrFN3OS. The number of ether oxygens (including phenoxy) is 1. The molecule has 0 atom stereocenters. The summed E-state index contributed by atoms with van der Waals surface area (Å²) in [6, 6.07) is 4.65. The fraction of sp³-hybridized carbons (Fsp3) is 0.333. The summed E-state index contributed by atoms with van der Waals surface area (Å²) < 4.78 is 23.1. The van der Waals surface area contributed by atoms with Gasteiger partial charge in [-0.3, -0.25) is 0 Å². The van der Waals surface area contributed by atoms with Crippen molar-refractivity contribution in [2.75, 3.05) is 11.9 Å². The van der Waals surface area contributed by atoms with E-state index in [1.54, 1.807) is 12.1 Å². The lowest BCUT2D eigenvalue weighted by atomic mass is 10.3. The van der Waals surface area contributed by atoms with Crippen LogP contribution in [0.1, 0.15) is 19.0 Å². The van der Waals surface area contributed by atoms with Crippen molar-refractivity contribution < 1.29 is 9.13 Å². The summed E-state index contributed by atoms with van der Waals surface area (Å²) in [7, 11) is 0. The highest BCUT2D eigenvalue weighted by molar-refractivity contribution is 9.10. The normalized spacial score (nSPS) is 10.5. The van der Waals surface area contributed by atoms with E-state index < -0.39 is 0 Å². The zero-order valence-electron chi connectivity index (χ0n) is 10.3. The van der Waals surface area contributed by atoms with Crippen LogP contribution >= 0.6 is 27.5 Å². The Hall–Kier alpha value is -1.21. The minimum atomic E-state index is -0.349. The van der Waals surface area contributed by atoms with Gasteiger partial charge < -0.3 is 10.1 Å². The first-order valence-corrected chi connectivity index (χ1v) is 7.40. The van der Waals surface area contributed by atoms with Crippen LogP contribution in [0.3, 0.4) is 0 Å². The van der Waals surface area contributed by atoms with Crippen molar-refractivity contribution in [2.24, 2.45) is 0 Å². The van der Waals surface area contributed by atoms with Gasteiger partial charge in [0.25, 0.3) is 0 Å². The predicted octanol–water partition coefficient (Wildman–Crippen LogP) is 3.84. The Bertz CT molecular complexity index is 550. The molecule has 1 aromatic carbocycles. The number of halogens is 2. The van der Waals surface area contributed by atoms with Crippen LogP contribution in [0.25, 0.3) is 0 Å². The number of hydrogen-bond donors (Lipinski definition) is 1. The standard InChI is InChI=1S/C12H13BrFN3OS/c1-2-5-15-12-11(16-17-19-12)7-18-8-3-4-9(13)10(14)6-8/h3-4,6,15H,2,5,7H2,1H3. The van der Waals surface area contributed by atoms with E-state index in [0.29, 0.717) is 10.2 Å². The van der Waals surface area contributed by atoms with Crippen molar-refractivity contribution in [1.29, 1.82) is 0 Å². The Labute approximate surface area is 123 Å². The van der Waals surface area contributed by atoms with Gasteiger partial charge in [-0.25, -0.2) is 4.39 Å². The molecule has 1 heterocycles. The van der Waals surface area contributed by atoms with Gasteiger partial charge in [0.15, 0.2) is 0 Å². The maximum Gasteiger partial charge on any atom is 0.141 e. The van der Waals surface area contributed by atoms with Crippen molar-refractivity contribution in [3.63, 3.8) is 0 Å². The number of nitrogens with zero attached hydrogens (tertiary/aromatic N) is 2. The highest BCUT2D eigenvalue weighted by atomic mass is 79.9. The maximum absolute atomic E-state index is 13.3. The van der Waals surface area contributed by atoms with Crippen LogP contribution < -0.4 is 10.1 Å². The molecule has 0 unspecified atom stereocenters. The van der Waals surface area contributed by atoms with E-state index in [1.165, 1.54) is 17.6 Å². The molecule has 1 aromatic heterocycles. The first-order valence-electron chi connectivity index (χ1n) is 5.83. The molecule has 2 aromatic rings. The van der Waals surface area contributed by atoms with Gasteiger partial charge in [-0.1, -0.05) is 11.4 Å². The summed E-state index contributed by atoms with van der Waals surface area (Å²) in [5.74, 6) is 0.119. The number of nitrogens with one attached hydrogen (secondary N) is 1. The summed E-state index contributed by atoms with van der Waals surface area (Å²) in [6.45, 7) is 3.22. The van der Waals surface area contributed by atoms with E-state index in [9.17, 15) is 4.39 Å². The Balaban J connectivity index is 1.98. The molecule has 0 aliphatic heterocycles. The quantitative estimate of drug-likeness (QED) is 0.863. The number of aromatic nitrogens is 2. The van der Waals surface area contributed by atoms with Crippen LogP contribution in [0.5, 0.6) is 5.75 Å². The number of rotatable bonds is 6. The van der Waals surface area contributed by atoms with Crippen molar-refractivity contribution in [1.82, 2.24) is 9.59 Å². The maximum atomic E-state index is 13.3. The van der Waals surface area contributed by atoms with Crippen LogP contribution in [-0.2, 0) is 6.61 Å². The molecule has 19 heavy (non-hydrogen) atoms. The average Bonchev–Trinajstić information content (AvgIpc) is 2.85. The van der Waals surface area contributed by atoms with Gasteiger partial charge >= 0.3 is 0 Å². The van der Waals surface area contributed by atoms with Crippen LogP contribution in [-0.4, -0.2) is 16.1 Å². The van der Waals surface area contributed by atoms with E-state index in [0.717, 1.165) is 23.7 Å². The minimum absolute atomic E-state index is 0.267. The van der Waals surface area contributed by atoms with Crippen molar-refractivity contribution >= 4 is 32.5 Å². The summed E-state index contributed by atoms with van der Waals surface area (Å²) in [4.78, 5) is 0. The van der Waals surface area contributed by atoms with Crippen LogP contribution in [0.15, 0.2) is 22.7 Å². The molecule has 2 rings (SSSR count). The topological polar surface area (TPSA) is 47.0 Å². The Kier molecular flexibility index (Phi) is 5.09. The molecule has 0 amide bonds. The molecule has 0 spiro atoms. The molecule has 0 radical (unpaired) electrons. The SMILES string of the molecule is CCCNc1snnc1COc1ccc(Br)c(F)c1. The Morgan fingerprint density at radius 2 is 2.32 bits per heavy atom. The lowest BCUT2D eigenvalue weighted by Crippen LogP contribution is -2.03. The Morgan fingerprint density at radius 3 is 3.05 bits per heavy atom. The third-order valence-corrected chi connectivity index (χ3v) is 3.73. The lowest BCUT2D eigenvalue weighted by molar-refractivity contribution is 0.300. The summed E-state index contributed by atoms with van der Waals surface area (Å²) >= 11 is 4.39. The van der Waals surface area contributed by atoms with E-state index >= 15 is 0 Å². The highest BCUT2D eigenvalue weighted by Gasteiger charge is 2.09. The smallest absolute Gasteiger partial charge is 0.141 e. The first-order chi connectivity index (χ1) is 9.20. The molecule has 4 nitrogen and oxygen atoms in total. The second kappa shape index (κ2) is 6.81. The van der Waals surface area contributed by atoms with Crippen LogP contribution in [0, 0.1) is 5.82 Å². The molecule has 0 bridgehead atoms. The molecule has 0 saturated carbocycles. The molecular weight excluding hydrogens is 333 g/mol. The number of benzene rings is 1. The summed E-state index contributed by atoms with van der Waals surface area (Å²) in [5.41, 5.74) is 0.738. The predicted molar refractivity (Wildman–Crippen MR) is 77.1 cm³/mol. The van der Waals surface area contributed by atoms with Gasteiger partial charge in [0.1, 0.15) is 28.9 Å². The molecule has 0 saturated heterocycles. The van der Waals surface area contributed by atoms with Crippen molar-refractivity contribution in [3.05, 3.63) is 34.2 Å². The van der Waals surface area contributed by atoms with E-state index in [2.05, 4.69) is 37.8 Å². The van der Waals surface area contributed by atoms with E-state index in [-0.39, 0.29) is 12.4 Å². The van der Waals surface area contributed by atoms with Crippen molar-refractivity contribution in [3.8, 4) is 5.75 Å². The Morgan fingerprint density at radius 1 is 1.47 bits per heavy atom. The summed E-state index contributed by atoms with van der Waals surface area (Å²) in [6.07, 6.45) is 1.02. The zero-order chi connectivity index (χ0) is 13.7. The first kappa shape index (κ1) is 14.2. The second-order valence-electron chi connectivity index (χ2n) is 3.84. The van der Waals surface area contributed by atoms with Gasteiger partial charge in [-0.05, 0) is 34.5 Å². The van der Waals surface area contributed by atoms with Gasteiger partial charge in [-0.2, -0.15) is 0 Å². The molecule has 1 N–H and O–H groups in total. The largest absolute Gasteiger partial charge is 0.487 e. The monoisotopic (exact) mass is 345 g/mol. The second-order valence-corrected chi connectivity index (χ2v) is 5.45.